The molecule has 0 bridgehead atoms. The molecule has 2 aromatic rings. The van der Waals surface area contributed by atoms with Crippen LogP contribution in [0.4, 0.5) is 5.69 Å². The number of nitrogens with zero attached hydrogens (tertiary/aromatic N) is 2. The van der Waals surface area contributed by atoms with Crippen LogP contribution in [0.3, 0.4) is 0 Å². The van der Waals surface area contributed by atoms with Crippen molar-refractivity contribution in [3.63, 3.8) is 0 Å². The molecule has 1 aromatic carbocycles. The predicted molar refractivity (Wildman–Crippen MR) is 128 cm³/mol. The van der Waals surface area contributed by atoms with Crippen molar-refractivity contribution >= 4 is 44.7 Å². The molecular formula is C22H27N5O4S2. The maximum Gasteiger partial charge on any atom is 0.262 e. The molecule has 0 unspecified atom stereocenters. The van der Waals surface area contributed by atoms with Gasteiger partial charge in [-0.15, -0.1) is 11.3 Å². The first-order valence-corrected chi connectivity index (χ1v) is 13.3. The second-order valence-electron chi connectivity index (χ2n) is 8.11. The number of anilines is 1. The van der Waals surface area contributed by atoms with Crippen molar-refractivity contribution in [2.24, 2.45) is 4.99 Å². The van der Waals surface area contributed by atoms with E-state index in [4.69, 9.17) is 0 Å². The third-order valence-corrected chi connectivity index (χ3v) is 7.84. The van der Waals surface area contributed by atoms with Gasteiger partial charge in [0.15, 0.2) is 0 Å². The van der Waals surface area contributed by atoms with Crippen molar-refractivity contribution in [2.75, 3.05) is 31.5 Å². The van der Waals surface area contributed by atoms with E-state index in [1.807, 2.05) is 16.3 Å². The standard InChI is InChI=1S/C22H27N5O4S2/c28-21(15-27-11-8-16(9-12-27)25-22(29)19-6-3-13-32-19)24-17-4-1-5-18(14-17)33(30,31)26-20-7-2-10-23-20/h1,3-6,13-14,16H,2,7-12,15H2,(H,23,26)(H,24,28)(H,25,29). The zero-order valence-corrected chi connectivity index (χ0v) is 19.8. The summed E-state index contributed by atoms with van der Waals surface area (Å²) in [5.41, 5.74) is 0.425. The van der Waals surface area contributed by atoms with E-state index in [1.54, 1.807) is 18.2 Å². The summed E-state index contributed by atoms with van der Waals surface area (Å²) in [5, 5.41) is 7.72. The fraction of sp³-hybridized carbons (Fsp3) is 0.409. The molecular weight excluding hydrogens is 462 g/mol. The molecule has 176 valence electrons. The minimum Gasteiger partial charge on any atom is -0.349 e. The first kappa shape index (κ1) is 23.4. The summed E-state index contributed by atoms with van der Waals surface area (Å²) in [4.78, 5) is 31.7. The fourth-order valence-corrected chi connectivity index (χ4v) is 5.64. The Labute approximate surface area is 197 Å². The Kier molecular flexibility index (Phi) is 7.41. The van der Waals surface area contributed by atoms with Crippen LogP contribution in [0, 0.1) is 0 Å². The lowest BCUT2D eigenvalue weighted by Crippen LogP contribution is -2.46. The van der Waals surface area contributed by atoms with Crippen molar-refractivity contribution in [2.45, 2.75) is 36.6 Å². The minimum absolute atomic E-state index is 0.0504. The van der Waals surface area contributed by atoms with Crippen LogP contribution >= 0.6 is 11.3 Å². The number of amidine groups is 1. The second kappa shape index (κ2) is 10.4. The Balaban J connectivity index is 1.25. The largest absolute Gasteiger partial charge is 0.349 e. The van der Waals surface area contributed by atoms with E-state index in [-0.39, 0.29) is 29.3 Å². The highest BCUT2D eigenvalue weighted by Crippen LogP contribution is 2.17. The smallest absolute Gasteiger partial charge is 0.262 e. The number of rotatable bonds is 7. The molecule has 3 N–H and O–H groups in total. The van der Waals surface area contributed by atoms with E-state index < -0.39 is 10.0 Å². The molecule has 11 heteroatoms. The lowest BCUT2D eigenvalue weighted by Gasteiger charge is -2.31. The Morgan fingerprint density at radius 3 is 2.67 bits per heavy atom. The monoisotopic (exact) mass is 489 g/mol. The van der Waals surface area contributed by atoms with Crippen molar-refractivity contribution in [3.8, 4) is 0 Å². The maximum atomic E-state index is 12.6. The molecule has 0 aliphatic carbocycles. The average molecular weight is 490 g/mol. The van der Waals surface area contributed by atoms with Gasteiger partial charge < -0.3 is 10.6 Å². The number of aliphatic imine (C=N–C) groups is 1. The zero-order valence-electron chi connectivity index (χ0n) is 18.1. The van der Waals surface area contributed by atoms with Gasteiger partial charge in [-0.2, -0.15) is 0 Å². The highest BCUT2D eigenvalue weighted by atomic mass is 32.2. The first-order valence-electron chi connectivity index (χ1n) is 10.9. The summed E-state index contributed by atoms with van der Waals surface area (Å²) < 4.78 is 27.7. The van der Waals surface area contributed by atoms with E-state index >= 15 is 0 Å². The predicted octanol–water partition coefficient (Wildman–Crippen LogP) is 2.05. The molecule has 2 aliphatic heterocycles. The second-order valence-corrected chi connectivity index (χ2v) is 10.7. The average Bonchev–Trinajstić information content (AvgIpc) is 3.49. The third-order valence-electron chi connectivity index (χ3n) is 5.59. The molecule has 2 amide bonds. The van der Waals surface area contributed by atoms with Crippen LogP contribution in [0.5, 0.6) is 0 Å². The summed E-state index contributed by atoms with van der Waals surface area (Å²) in [7, 11) is -3.74. The summed E-state index contributed by atoms with van der Waals surface area (Å²) >= 11 is 1.42. The van der Waals surface area contributed by atoms with Crippen LogP contribution in [0.25, 0.3) is 0 Å². The SMILES string of the molecule is O=C(CN1CCC(NC(=O)c2cccs2)CC1)Nc1cccc(S(=O)(=O)NC2=NCCC2)c1. The number of nitrogens with one attached hydrogen (secondary N) is 3. The fourth-order valence-electron chi connectivity index (χ4n) is 3.88. The highest BCUT2D eigenvalue weighted by Gasteiger charge is 2.23. The van der Waals surface area contributed by atoms with Gasteiger partial charge in [0.2, 0.25) is 5.91 Å². The lowest BCUT2D eigenvalue weighted by molar-refractivity contribution is -0.117. The Morgan fingerprint density at radius 1 is 1.15 bits per heavy atom. The topological polar surface area (TPSA) is 120 Å². The number of hydrogen-bond donors (Lipinski definition) is 3. The van der Waals surface area contributed by atoms with Gasteiger partial charge in [0.1, 0.15) is 5.84 Å². The van der Waals surface area contributed by atoms with Crippen LogP contribution in [0.1, 0.15) is 35.4 Å². The molecule has 9 nitrogen and oxygen atoms in total. The van der Waals surface area contributed by atoms with Gasteiger partial charge in [0.25, 0.3) is 15.9 Å². The summed E-state index contributed by atoms with van der Waals surface area (Å²) in [6, 6.07) is 9.95. The molecule has 33 heavy (non-hydrogen) atoms. The molecule has 1 saturated heterocycles. The third kappa shape index (κ3) is 6.40. The molecule has 3 heterocycles. The summed E-state index contributed by atoms with van der Waals surface area (Å²) in [5.74, 6) is 0.212. The number of likely N-dealkylation sites (tertiary alicyclic amines) is 1. The maximum absolute atomic E-state index is 12.6. The number of amides is 2. The summed E-state index contributed by atoms with van der Waals surface area (Å²) in [6.45, 7) is 2.23. The van der Waals surface area contributed by atoms with Gasteiger partial charge in [-0.25, -0.2) is 8.42 Å². The van der Waals surface area contributed by atoms with E-state index in [1.165, 1.54) is 23.5 Å². The van der Waals surface area contributed by atoms with E-state index in [0.717, 1.165) is 19.3 Å². The van der Waals surface area contributed by atoms with Gasteiger partial charge in [-0.1, -0.05) is 12.1 Å². The zero-order chi connectivity index (χ0) is 23.3. The van der Waals surface area contributed by atoms with Crippen LogP contribution in [0.15, 0.2) is 51.7 Å². The lowest BCUT2D eigenvalue weighted by atomic mass is 10.0. The molecule has 4 rings (SSSR count). The number of hydrogen-bond acceptors (Lipinski definition) is 7. The van der Waals surface area contributed by atoms with Gasteiger partial charge in [0, 0.05) is 37.8 Å². The van der Waals surface area contributed by atoms with Crippen LogP contribution < -0.4 is 15.4 Å². The van der Waals surface area contributed by atoms with Gasteiger partial charge in [0.05, 0.1) is 16.3 Å². The molecule has 0 radical (unpaired) electrons. The number of sulfonamides is 1. The summed E-state index contributed by atoms with van der Waals surface area (Å²) in [6.07, 6.45) is 3.00. The quantitative estimate of drug-likeness (QED) is 0.550. The normalized spacial score (nSPS) is 17.4. The molecule has 1 aromatic heterocycles. The van der Waals surface area contributed by atoms with Crippen LogP contribution in [-0.2, 0) is 14.8 Å². The van der Waals surface area contributed by atoms with Gasteiger partial charge in [-0.05, 0) is 48.9 Å². The number of piperidine rings is 1. The first-order chi connectivity index (χ1) is 15.9. The molecule has 0 saturated carbocycles. The Morgan fingerprint density at radius 2 is 1.97 bits per heavy atom. The van der Waals surface area contributed by atoms with Gasteiger partial charge >= 0.3 is 0 Å². The van der Waals surface area contributed by atoms with Crippen molar-refractivity contribution in [1.82, 2.24) is 14.9 Å². The van der Waals surface area contributed by atoms with Crippen LogP contribution in [-0.4, -0.2) is 63.2 Å². The Hall–Kier alpha value is -2.76. The van der Waals surface area contributed by atoms with Gasteiger partial charge in [-0.3, -0.25) is 24.2 Å². The molecule has 1 fully saturated rings. The van der Waals surface area contributed by atoms with Crippen molar-refractivity contribution in [3.05, 3.63) is 46.7 Å². The van der Waals surface area contributed by atoms with Crippen molar-refractivity contribution in [1.29, 1.82) is 0 Å². The number of thiophene rings is 1. The molecule has 0 spiro atoms. The van der Waals surface area contributed by atoms with Crippen LogP contribution in [0.2, 0.25) is 0 Å². The highest BCUT2D eigenvalue weighted by molar-refractivity contribution is 7.90. The number of carbonyl (C=O) groups excluding carboxylic acids is 2. The van der Waals surface area contributed by atoms with E-state index in [2.05, 4.69) is 20.3 Å². The molecule has 2 aliphatic rings. The van der Waals surface area contributed by atoms with Crippen molar-refractivity contribution < 1.29 is 18.0 Å². The number of benzene rings is 1. The molecule has 0 atom stereocenters. The Bertz CT molecular complexity index is 1120. The number of carbonyl (C=O) groups is 2. The minimum atomic E-state index is -3.74. The van der Waals surface area contributed by atoms with E-state index in [9.17, 15) is 18.0 Å². The van der Waals surface area contributed by atoms with E-state index in [0.29, 0.717) is 42.5 Å².